The number of hydrogen-bond acceptors (Lipinski definition) is 5. The fourth-order valence-corrected chi connectivity index (χ4v) is 1.39. The molecule has 1 aromatic heterocycles. The molecule has 0 bridgehead atoms. The van der Waals surface area contributed by atoms with E-state index in [0.29, 0.717) is 18.3 Å². The molecule has 1 aliphatic carbocycles. The Morgan fingerprint density at radius 2 is 2.36 bits per heavy atom. The Morgan fingerprint density at radius 1 is 1.57 bits per heavy atom. The number of aromatic nitrogens is 2. The zero-order chi connectivity index (χ0) is 10.0. The quantitative estimate of drug-likeness (QED) is 0.782. The predicted molar refractivity (Wildman–Crippen MR) is 49.4 cm³/mol. The zero-order valence-corrected chi connectivity index (χ0v) is 8.08. The maximum absolute atomic E-state index is 8.61. The van der Waals surface area contributed by atoms with Gasteiger partial charge in [-0.2, -0.15) is 5.26 Å². The molecule has 74 valence electrons. The monoisotopic (exact) mass is 192 g/mol. The van der Waals surface area contributed by atoms with Crippen molar-refractivity contribution in [2.75, 3.05) is 11.9 Å². The second-order valence-corrected chi connectivity index (χ2v) is 3.81. The molecule has 2 rings (SSSR count). The highest BCUT2D eigenvalue weighted by Gasteiger charge is 2.42. The molecule has 0 saturated heterocycles. The summed E-state index contributed by atoms with van der Waals surface area (Å²) in [7, 11) is 0. The molecule has 14 heavy (non-hydrogen) atoms. The number of aryl methyl sites for hydroxylation is 1. The third-order valence-corrected chi connectivity index (χ3v) is 2.55. The molecule has 0 aromatic carbocycles. The van der Waals surface area contributed by atoms with E-state index in [1.807, 2.05) is 0 Å². The minimum absolute atomic E-state index is 0.164. The van der Waals surface area contributed by atoms with E-state index in [1.165, 1.54) is 0 Å². The second-order valence-electron chi connectivity index (χ2n) is 3.81. The Kier molecular flexibility index (Phi) is 2.12. The molecule has 5 heteroatoms. The maximum Gasteiger partial charge on any atom is 0.315 e. The highest BCUT2D eigenvalue weighted by Crippen LogP contribution is 2.48. The van der Waals surface area contributed by atoms with Gasteiger partial charge in [-0.05, 0) is 12.8 Å². The van der Waals surface area contributed by atoms with E-state index in [4.69, 9.17) is 9.68 Å². The number of hydrogen-bond donors (Lipinski definition) is 1. The van der Waals surface area contributed by atoms with E-state index in [2.05, 4.69) is 21.6 Å². The average Bonchev–Trinajstić information content (AvgIpc) is 2.80. The Balaban J connectivity index is 1.86. The first-order chi connectivity index (χ1) is 6.74. The maximum atomic E-state index is 8.61. The lowest BCUT2D eigenvalue weighted by Crippen LogP contribution is -2.14. The highest BCUT2D eigenvalue weighted by molar-refractivity contribution is 5.20. The topological polar surface area (TPSA) is 74.7 Å². The molecule has 0 aliphatic heterocycles. The van der Waals surface area contributed by atoms with Crippen LogP contribution in [0.4, 0.5) is 6.01 Å². The van der Waals surface area contributed by atoms with Gasteiger partial charge >= 0.3 is 6.01 Å². The van der Waals surface area contributed by atoms with Gasteiger partial charge in [0.15, 0.2) is 0 Å². The van der Waals surface area contributed by atoms with E-state index >= 15 is 0 Å². The van der Waals surface area contributed by atoms with Crippen LogP contribution in [0.25, 0.3) is 0 Å². The summed E-state index contributed by atoms with van der Waals surface area (Å²) in [5.74, 6) is 0.553. The van der Waals surface area contributed by atoms with Crippen LogP contribution in [0.3, 0.4) is 0 Å². The van der Waals surface area contributed by atoms with Crippen molar-refractivity contribution in [3.63, 3.8) is 0 Å². The summed E-state index contributed by atoms with van der Waals surface area (Å²) in [4.78, 5) is 0. The molecule has 0 spiro atoms. The van der Waals surface area contributed by atoms with Gasteiger partial charge < -0.3 is 9.73 Å². The predicted octanol–water partition coefficient (Wildman–Crippen LogP) is 1.48. The number of rotatable bonds is 4. The van der Waals surface area contributed by atoms with E-state index in [-0.39, 0.29) is 5.41 Å². The van der Waals surface area contributed by atoms with Crippen LogP contribution in [0.5, 0.6) is 0 Å². The van der Waals surface area contributed by atoms with Gasteiger partial charge in [-0.15, -0.1) is 5.10 Å². The van der Waals surface area contributed by atoms with Crippen molar-refractivity contribution in [2.24, 2.45) is 5.41 Å². The summed E-state index contributed by atoms with van der Waals surface area (Å²) in [6.07, 6.45) is 2.83. The lowest BCUT2D eigenvalue weighted by atomic mass is 10.0. The van der Waals surface area contributed by atoms with Gasteiger partial charge in [-0.1, -0.05) is 5.10 Å². The van der Waals surface area contributed by atoms with Gasteiger partial charge in [0.1, 0.15) is 0 Å². The summed E-state index contributed by atoms with van der Waals surface area (Å²) < 4.78 is 5.17. The van der Waals surface area contributed by atoms with Gasteiger partial charge in [0.05, 0.1) is 6.07 Å². The molecule has 1 N–H and O–H groups in total. The van der Waals surface area contributed by atoms with Gasteiger partial charge in [0.25, 0.3) is 0 Å². The fraction of sp³-hybridized carbons (Fsp3) is 0.667. The van der Waals surface area contributed by atoms with Crippen LogP contribution in [0.1, 0.15) is 25.2 Å². The Bertz CT molecular complexity index is 361. The molecular weight excluding hydrogens is 180 g/mol. The molecule has 0 amide bonds. The molecular formula is C9H12N4O. The number of nitrogens with zero attached hydrogens (tertiary/aromatic N) is 3. The van der Waals surface area contributed by atoms with Crippen LogP contribution in [0.15, 0.2) is 4.42 Å². The van der Waals surface area contributed by atoms with E-state index in [0.717, 1.165) is 19.4 Å². The van der Waals surface area contributed by atoms with Crippen molar-refractivity contribution >= 4 is 6.01 Å². The molecule has 1 heterocycles. The highest BCUT2D eigenvalue weighted by atomic mass is 16.4. The molecule has 0 unspecified atom stereocenters. The van der Waals surface area contributed by atoms with Crippen LogP contribution in [0.2, 0.25) is 0 Å². The SMILES string of the molecule is Cc1nnc(NCC2(CC#N)CC2)o1. The first kappa shape index (κ1) is 9.00. The van der Waals surface area contributed by atoms with Crippen molar-refractivity contribution in [1.29, 1.82) is 5.26 Å². The average molecular weight is 192 g/mol. The Labute approximate surface area is 82.1 Å². The van der Waals surface area contributed by atoms with Crippen molar-refractivity contribution in [3.8, 4) is 6.07 Å². The minimum atomic E-state index is 0.164. The standard InChI is InChI=1S/C9H12N4O/c1-7-12-13-8(14-7)11-6-9(2-3-9)4-5-10/h2-4,6H2,1H3,(H,11,13). The molecule has 0 atom stereocenters. The van der Waals surface area contributed by atoms with Crippen LogP contribution in [-0.4, -0.2) is 16.7 Å². The van der Waals surface area contributed by atoms with Gasteiger partial charge in [-0.3, -0.25) is 0 Å². The fourth-order valence-electron chi connectivity index (χ4n) is 1.39. The van der Waals surface area contributed by atoms with Crippen molar-refractivity contribution in [3.05, 3.63) is 5.89 Å². The normalized spacial score (nSPS) is 17.4. The number of nitrogens with one attached hydrogen (secondary N) is 1. The van der Waals surface area contributed by atoms with E-state index in [9.17, 15) is 0 Å². The zero-order valence-electron chi connectivity index (χ0n) is 8.08. The number of anilines is 1. The molecule has 1 aromatic rings. The summed E-state index contributed by atoms with van der Waals surface area (Å²) in [5.41, 5.74) is 0.164. The minimum Gasteiger partial charge on any atom is -0.408 e. The molecule has 5 nitrogen and oxygen atoms in total. The van der Waals surface area contributed by atoms with Crippen LogP contribution >= 0.6 is 0 Å². The summed E-state index contributed by atoms with van der Waals surface area (Å²) >= 11 is 0. The van der Waals surface area contributed by atoms with Gasteiger partial charge in [0, 0.05) is 25.3 Å². The third-order valence-electron chi connectivity index (χ3n) is 2.55. The van der Waals surface area contributed by atoms with Crippen molar-refractivity contribution in [1.82, 2.24) is 10.2 Å². The van der Waals surface area contributed by atoms with Crippen molar-refractivity contribution in [2.45, 2.75) is 26.2 Å². The Hall–Kier alpha value is -1.57. The summed E-state index contributed by atoms with van der Waals surface area (Å²) in [6, 6.07) is 2.66. The van der Waals surface area contributed by atoms with E-state index < -0.39 is 0 Å². The third kappa shape index (κ3) is 1.84. The van der Waals surface area contributed by atoms with E-state index in [1.54, 1.807) is 6.92 Å². The van der Waals surface area contributed by atoms with Gasteiger partial charge in [0.2, 0.25) is 5.89 Å². The van der Waals surface area contributed by atoms with Crippen LogP contribution < -0.4 is 5.32 Å². The van der Waals surface area contributed by atoms with Crippen molar-refractivity contribution < 1.29 is 4.42 Å². The van der Waals surface area contributed by atoms with Crippen LogP contribution in [-0.2, 0) is 0 Å². The smallest absolute Gasteiger partial charge is 0.315 e. The molecule has 1 aliphatic rings. The largest absolute Gasteiger partial charge is 0.408 e. The molecule has 1 fully saturated rings. The lowest BCUT2D eigenvalue weighted by Gasteiger charge is -2.09. The van der Waals surface area contributed by atoms with Gasteiger partial charge in [-0.25, -0.2) is 0 Å². The Morgan fingerprint density at radius 3 is 2.86 bits per heavy atom. The summed E-state index contributed by atoms with van der Waals surface area (Å²) in [5, 5.41) is 19.2. The first-order valence-corrected chi connectivity index (χ1v) is 4.65. The summed E-state index contributed by atoms with van der Waals surface area (Å²) in [6.45, 7) is 2.50. The van der Waals surface area contributed by atoms with Crippen LogP contribution in [0, 0.1) is 23.7 Å². The number of nitriles is 1. The first-order valence-electron chi connectivity index (χ1n) is 4.65. The molecule has 1 saturated carbocycles. The molecule has 0 radical (unpaired) electrons. The lowest BCUT2D eigenvalue weighted by molar-refractivity contribution is 0.506. The second kappa shape index (κ2) is 3.29.